The van der Waals surface area contributed by atoms with Crippen LogP contribution in [0.15, 0.2) is 35.0 Å². The summed E-state index contributed by atoms with van der Waals surface area (Å²) in [5, 5.41) is 2.67. The minimum atomic E-state index is -0.255. The van der Waals surface area contributed by atoms with Crippen molar-refractivity contribution in [1.29, 1.82) is 0 Å². The number of aryl methyl sites for hydroxylation is 2. The van der Waals surface area contributed by atoms with Gasteiger partial charge in [0.05, 0.1) is 0 Å². The van der Waals surface area contributed by atoms with Crippen molar-refractivity contribution in [3.63, 3.8) is 0 Å². The summed E-state index contributed by atoms with van der Waals surface area (Å²) in [5.74, 6) is 0.154. The van der Waals surface area contributed by atoms with Crippen molar-refractivity contribution >= 4 is 17.7 Å². The molecule has 0 radical (unpaired) electrons. The number of nitrogens with one attached hydrogen (secondary N) is 1. The number of nitrogens with zero attached hydrogens (tertiary/aromatic N) is 2. The van der Waals surface area contributed by atoms with E-state index in [1.54, 1.807) is 4.90 Å². The highest BCUT2D eigenvalue weighted by Gasteiger charge is 2.17. The fraction of sp³-hybridized carbons (Fsp3) is 0.412. The second kappa shape index (κ2) is 7.11. The third kappa shape index (κ3) is 3.87. The third-order valence-electron chi connectivity index (χ3n) is 3.72. The third-order valence-corrected chi connectivity index (χ3v) is 3.72. The van der Waals surface area contributed by atoms with Crippen LogP contribution in [0.25, 0.3) is 0 Å². The molecule has 5 nitrogen and oxygen atoms in total. The second-order valence-electron chi connectivity index (χ2n) is 5.55. The van der Waals surface area contributed by atoms with Crippen molar-refractivity contribution in [1.82, 2.24) is 5.32 Å². The Hall–Kier alpha value is -2.30. The Morgan fingerprint density at radius 2 is 2.18 bits per heavy atom. The van der Waals surface area contributed by atoms with Gasteiger partial charge in [-0.15, -0.1) is 0 Å². The molecule has 0 heterocycles. The van der Waals surface area contributed by atoms with E-state index < -0.39 is 0 Å². The summed E-state index contributed by atoms with van der Waals surface area (Å²) < 4.78 is 0. The SMILES string of the molecule is CCN(C(=O)NC(N)=NC1=CCCC1)c1ccc(C)cc1C. The first kappa shape index (κ1) is 16.1. The number of hydrogen-bond donors (Lipinski definition) is 2. The molecule has 2 amide bonds. The van der Waals surface area contributed by atoms with E-state index >= 15 is 0 Å². The molecule has 0 spiro atoms. The number of nitrogens with two attached hydrogens (primary N) is 1. The molecule has 0 unspecified atom stereocenters. The Bertz CT molecular complexity index is 619. The largest absolute Gasteiger partial charge is 0.369 e. The predicted octanol–water partition coefficient (Wildman–Crippen LogP) is 3.22. The standard InChI is InChI=1S/C17H24N4O/c1-4-21(15-10-9-12(2)11-13(15)3)17(22)20-16(18)19-14-7-5-6-8-14/h7,9-11H,4-6,8H2,1-3H3,(H3,18,19,20,22). The quantitative estimate of drug-likeness (QED) is 0.664. The molecule has 1 aliphatic carbocycles. The summed E-state index contributed by atoms with van der Waals surface area (Å²) in [5.41, 5.74) is 9.91. The molecule has 1 aromatic carbocycles. The lowest BCUT2D eigenvalue weighted by atomic mass is 10.1. The van der Waals surface area contributed by atoms with E-state index in [-0.39, 0.29) is 12.0 Å². The number of amides is 2. The first-order chi connectivity index (χ1) is 10.5. The highest BCUT2D eigenvalue weighted by Crippen LogP contribution is 2.21. The summed E-state index contributed by atoms with van der Waals surface area (Å²) in [4.78, 5) is 18.4. The molecular formula is C17H24N4O. The number of hydrogen-bond acceptors (Lipinski definition) is 2. The number of rotatable bonds is 3. The van der Waals surface area contributed by atoms with Crippen molar-refractivity contribution in [2.75, 3.05) is 11.4 Å². The highest BCUT2D eigenvalue weighted by atomic mass is 16.2. The predicted molar refractivity (Wildman–Crippen MR) is 91.0 cm³/mol. The molecule has 0 bridgehead atoms. The zero-order chi connectivity index (χ0) is 16.1. The van der Waals surface area contributed by atoms with E-state index in [1.165, 1.54) is 5.56 Å². The van der Waals surface area contributed by atoms with Gasteiger partial charge in [0.2, 0.25) is 5.96 Å². The molecule has 0 atom stereocenters. The Labute approximate surface area is 131 Å². The Morgan fingerprint density at radius 1 is 1.41 bits per heavy atom. The molecule has 2 rings (SSSR count). The Kier molecular flexibility index (Phi) is 5.20. The summed E-state index contributed by atoms with van der Waals surface area (Å²) in [7, 11) is 0. The fourth-order valence-corrected chi connectivity index (χ4v) is 2.65. The Morgan fingerprint density at radius 3 is 2.77 bits per heavy atom. The van der Waals surface area contributed by atoms with Crippen LogP contribution < -0.4 is 16.0 Å². The van der Waals surface area contributed by atoms with Crippen LogP contribution in [-0.4, -0.2) is 18.5 Å². The molecule has 1 aromatic rings. The lowest BCUT2D eigenvalue weighted by Crippen LogP contribution is -2.46. The molecule has 5 heteroatoms. The minimum absolute atomic E-state index is 0.154. The van der Waals surface area contributed by atoms with E-state index in [9.17, 15) is 4.79 Å². The zero-order valence-electron chi connectivity index (χ0n) is 13.5. The van der Waals surface area contributed by atoms with Gasteiger partial charge >= 0.3 is 6.03 Å². The number of guanidine groups is 1. The molecule has 3 N–H and O–H groups in total. The van der Waals surface area contributed by atoms with Crippen LogP contribution >= 0.6 is 0 Å². The van der Waals surface area contributed by atoms with Gasteiger partial charge in [0.15, 0.2) is 0 Å². The average Bonchev–Trinajstić information content (AvgIpc) is 2.94. The first-order valence-electron chi connectivity index (χ1n) is 7.70. The van der Waals surface area contributed by atoms with E-state index in [4.69, 9.17) is 5.73 Å². The van der Waals surface area contributed by atoms with E-state index in [2.05, 4.69) is 22.5 Å². The maximum atomic E-state index is 12.4. The number of aliphatic imine (C=N–C) groups is 1. The molecule has 0 saturated carbocycles. The molecule has 22 heavy (non-hydrogen) atoms. The molecule has 118 valence electrons. The summed E-state index contributed by atoms with van der Waals surface area (Å²) >= 11 is 0. The minimum Gasteiger partial charge on any atom is -0.369 e. The van der Waals surface area contributed by atoms with Gasteiger partial charge in [0, 0.05) is 17.9 Å². The molecule has 0 saturated heterocycles. The van der Waals surface area contributed by atoms with Gasteiger partial charge in [0.25, 0.3) is 0 Å². The maximum absolute atomic E-state index is 12.4. The van der Waals surface area contributed by atoms with Crippen molar-refractivity contribution in [3.8, 4) is 0 Å². The van der Waals surface area contributed by atoms with Crippen molar-refractivity contribution in [2.24, 2.45) is 10.7 Å². The van der Waals surface area contributed by atoms with Gasteiger partial charge in [-0.25, -0.2) is 9.79 Å². The van der Waals surface area contributed by atoms with Gasteiger partial charge in [-0.05, 0) is 51.7 Å². The monoisotopic (exact) mass is 300 g/mol. The van der Waals surface area contributed by atoms with Crippen LogP contribution in [0.4, 0.5) is 10.5 Å². The van der Waals surface area contributed by atoms with Crippen LogP contribution in [0, 0.1) is 13.8 Å². The summed E-state index contributed by atoms with van der Waals surface area (Å²) in [6.45, 7) is 6.53. The van der Waals surface area contributed by atoms with Crippen molar-refractivity contribution in [2.45, 2.75) is 40.0 Å². The molecular weight excluding hydrogens is 276 g/mol. The van der Waals surface area contributed by atoms with Crippen LogP contribution in [-0.2, 0) is 0 Å². The number of anilines is 1. The number of benzene rings is 1. The average molecular weight is 300 g/mol. The van der Waals surface area contributed by atoms with Crippen LogP contribution in [0.1, 0.15) is 37.3 Å². The molecule has 1 aliphatic rings. The van der Waals surface area contributed by atoms with Gasteiger partial charge in [-0.3, -0.25) is 10.2 Å². The van der Waals surface area contributed by atoms with Crippen molar-refractivity contribution in [3.05, 3.63) is 41.1 Å². The Balaban J connectivity index is 2.11. The summed E-state index contributed by atoms with van der Waals surface area (Å²) in [6, 6.07) is 5.76. The number of carbonyl (C=O) groups excluding carboxylic acids is 1. The zero-order valence-corrected chi connectivity index (χ0v) is 13.5. The summed E-state index contributed by atoms with van der Waals surface area (Å²) in [6.07, 6.45) is 5.11. The lowest BCUT2D eigenvalue weighted by molar-refractivity contribution is 0.250. The number of carbonyl (C=O) groups is 1. The second-order valence-corrected chi connectivity index (χ2v) is 5.55. The lowest BCUT2D eigenvalue weighted by Gasteiger charge is -2.23. The molecule has 0 fully saturated rings. The first-order valence-corrected chi connectivity index (χ1v) is 7.70. The van der Waals surface area contributed by atoms with Gasteiger partial charge in [0.1, 0.15) is 0 Å². The van der Waals surface area contributed by atoms with E-state index in [0.717, 1.165) is 36.2 Å². The maximum Gasteiger partial charge on any atom is 0.328 e. The van der Waals surface area contributed by atoms with Gasteiger partial charge in [-0.2, -0.15) is 0 Å². The van der Waals surface area contributed by atoms with Crippen LogP contribution in [0.3, 0.4) is 0 Å². The number of allylic oxidation sites excluding steroid dienone is 2. The normalized spacial score (nSPS) is 14.7. The fourth-order valence-electron chi connectivity index (χ4n) is 2.65. The van der Waals surface area contributed by atoms with E-state index in [0.29, 0.717) is 6.54 Å². The van der Waals surface area contributed by atoms with Crippen LogP contribution in [0.2, 0.25) is 0 Å². The molecule has 0 aromatic heterocycles. The van der Waals surface area contributed by atoms with Crippen LogP contribution in [0.5, 0.6) is 0 Å². The highest BCUT2D eigenvalue weighted by molar-refractivity contribution is 6.03. The van der Waals surface area contributed by atoms with Gasteiger partial charge in [-0.1, -0.05) is 23.8 Å². The topological polar surface area (TPSA) is 70.7 Å². The smallest absolute Gasteiger partial charge is 0.328 e. The van der Waals surface area contributed by atoms with E-state index in [1.807, 2.05) is 32.9 Å². The number of urea groups is 1. The van der Waals surface area contributed by atoms with Crippen molar-refractivity contribution < 1.29 is 4.79 Å². The van der Waals surface area contributed by atoms with Gasteiger partial charge < -0.3 is 5.73 Å². The molecule has 0 aliphatic heterocycles.